The number of alkyl halides is 1. The standard InChI is InChI=1S/C11H19ClN2S/c1-10-9-15-11(13-10)8-14(2)7-5-3-4-6-12/h9H,3-8H2,1-2H3. The first kappa shape index (κ1) is 12.9. The maximum atomic E-state index is 5.63. The van der Waals surface area contributed by atoms with Crippen molar-refractivity contribution in [2.24, 2.45) is 0 Å². The van der Waals surface area contributed by atoms with Gasteiger partial charge in [0, 0.05) is 17.0 Å². The fraction of sp³-hybridized carbons (Fsp3) is 0.727. The largest absolute Gasteiger partial charge is 0.300 e. The average molecular weight is 247 g/mol. The first-order valence-electron chi connectivity index (χ1n) is 5.38. The maximum Gasteiger partial charge on any atom is 0.107 e. The SMILES string of the molecule is Cc1csc(CN(C)CCCCCCl)n1. The molecule has 0 aliphatic carbocycles. The van der Waals surface area contributed by atoms with Gasteiger partial charge in [-0.2, -0.15) is 0 Å². The highest BCUT2D eigenvalue weighted by Gasteiger charge is 2.03. The predicted octanol–water partition coefficient (Wildman–Crippen LogP) is 3.29. The van der Waals surface area contributed by atoms with E-state index < -0.39 is 0 Å². The predicted molar refractivity (Wildman–Crippen MR) is 67.8 cm³/mol. The Morgan fingerprint density at radius 3 is 2.80 bits per heavy atom. The van der Waals surface area contributed by atoms with Crippen LogP contribution in [0, 0.1) is 6.92 Å². The van der Waals surface area contributed by atoms with Crippen LogP contribution in [-0.4, -0.2) is 29.4 Å². The zero-order valence-corrected chi connectivity index (χ0v) is 11.1. The Morgan fingerprint density at radius 2 is 2.20 bits per heavy atom. The Balaban J connectivity index is 2.15. The monoisotopic (exact) mass is 246 g/mol. The summed E-state index contributed by atoms with van der Waals surface area (Å²) >= 11 is 7.38. The molecule has 0 fully saturated rings. The van der Waals surface area contributed by atoms with Crippen molar-refractivity contribution in [1.82, 2.24) is 9.88 Å². The average Bonchev–Trinajstić information content (AvgIpc) is 2.59. The van der Waals surface area contributed by atoms with Gasteiger partial charge in [0.25, 0.3) is 0 Å². The molecule has 1 rings (SSSR count). The molecule has 1 aromatic rings. The smallest absolute Gasteiger partial charge is 0.107 e. The van der Waals surface area contributed by atoms with E-state index in [2.05, 4.69) is 22.3 Å². The van der Waals surface area contributed by atoms with Crippen molar-refractivity contribution >= 4 is 22.9 Å². The molecule has 0 bridgehead atoms. The summed E-state index contributed by atoms with van der Waals surface area (Å²) in [4.78, 5) is 6.78. The van der Waals surface area contributed by atoms with E-state index in [0.29, 0.717) is 0 Å². The van der Waals surface area contributed by atoms with Crippen LogP contribution in [0.4, 0.5) is 0 Å². The molecule has 0 aliphatic heterocycles. The number of hydrogen-bond donors (Lipinski definition) is 0. The van der Waals surface area contributed by atoms with Gasteiger partial charge >= 0.3 is 0 Å². The Hall–Kier alpha value is -0.120. The molecule has 2 nitrogen and oxygen atoms in total. The molecule has 0 radical (unpaired) electrons. The minimum Gasteiger partial charge on any atom is -0.300 e. The third-order valence-electron chi connectivity index (χ3n) is 2.25. The second-order valence-corrected chi connectivity index (χ2v) is 5.19. The van der Waals surface area contributed by atoms with Crippen LogP contribution in [0.25, 0.3) is 0 Å². The molecule has 86 valence electrons. The van der Waals surface area contributed by atoms with Gasteiger partial charge < -0.3 is 0 Å². The van der Waals surface area contributed by atoms with Crippen LogP contribution in [0.15, 0.2) is 5.38 Å². The van der Waals surface area contributed by atoms with Crippen LogP contribution >= 0.6 is 22.9 Å². The van der Waals surface area contributed by atoms with E-state index >= 15 is 0 Å². The molecule has 0 atom stereocenters. The molecule has 0 unspecified atom stereocenters. The zero-order chi connectivity index (χ0) is 11.1. The van der Waals surface area contributed by atoms with Gasteiger partial charge in [-0.1, -0.05) is 6.42 Å². The van der Waals surface area contributed by atoms with Crippen LogP contribution in [0.2, 0.25) is 0 Å². The lowest BCUT2D eigenvalue weighted by Gasteiger charge is -2.14. The van der Waals surface area contributed by atoms with Crippen molar-refractivity contribution in [3.05, 3.63) is 16.1 Å². The maximum absolute atomic E-state index is 5.63. The molecule has 0 saturated heterocycles. The van der Waals surface area contributed by atoms with Crippen molar-refractivity contribution in [2.45, 2.75) is 32.7 Å². The van der Waals surface area contributed by atoms with E-state index in [1.54, 1.807) is 11.3 Å². The van der Waals surface area contributed by atoms with Crippen molar-refractivity contribution in [3.63, 3.8) is 0 Å². The molecular weight excluding hydrogens is 228 g/mol. The first-order valence-corrected chi connectivity index (χ1v) is 6.79. The molecule has 0 amide bonds. The molecular formula is C11H19ClN2S. The third kappa shape index (κ3) is 5.50. The quantitative estimate of drug-likeness (QED) is 0.542. The highest BCUT2D eigenvalue weighted by atomic mass is 35.5. The summed E-state index contributed by atoms with van der Waals surface area (Å²) in [7, 11) is 2.15. The van der Waals surface area contributed by atoms with Gasteiger partial charge in [-0.3, -0.25) is 4.90 Å². The van der Waals surface area contributed by atoms with Crippen LogP contribution in [-0.2, 0) is 6.54 Å². The molecule has 4 heteroatoms. The van der Waals surface area contributed by atoms with Gasteiger partial charge in [0.2, 0.25) is 0 Å². The highest BCUT2D eigenvalue weighted by molar-refractivity contribution is 7.09. The summed E-state index contributed by atoms with van der Waals surface area (Å²) in [6, 6.07) is 0. The summed E-state index contributed by atoms with van der Waals surface area (Å²) in [6.45, 7) is 4.15. The molecule has 1 heterocycles. The Morgan fingerprint density at radius 1 is 1.40 bits per heavy atom. The molecule has 1 aromatic heterocycles. The summed E-state index contributed by atoms with van der Waals surface area (Å²) in [5.41, 5.74) is 1.13. The highest BCUT2D eigenvalue weighted by Crippen LogP contribution is 2.11. The van der Waals surface area contributed by atoms with Crippen LogP contribution in [0.5, 0.6) is 0 Å². The molecule has 0 N–H and O–H groups in total. The van der Waals surface area contributed by atoms with Crippen molar-refractivity contribution in [2.75, 3.05) is 19.5 Å². The van der Waals surface area contributed by atoms with E-state index in [9.17, 15) is 0 Å². The fourth-order valence-electron chi connectivity index (χ4n) is 1.44. The summed E-state index contributed by atoms with van der Waals surface area (Å²) < 4.78 is 0. The van der Waals surface area contributed by atoms with Gasteiger partial charge in [0.15, 0.2) is 0 Å². The van der Waals surface area contributed by atoms with Crippen molar-refractivity contribution < 1.29 is 0 Å². The summed E-state index contributed by atoms with van der Waals surface area (Å²) in [5.74, 6) is 0.787. The first-order chi connectivity index (χ1) is 7.22. The number of hydrogen-bond acceptors (Lipinski definition) is 3. The van der Waals surface area contributed by atoms with Gasteiger partial charge in [0.05, 0.1) is 6.54 Å². The molecule has 0 spiro atoms. The van der Waals surface area contributed by atoms with Gasteiger partial charge in [0.1, 0.15) is 5.01 Å². The van der Waals surface area contributed by atoms with Crippen molar-refractivity contribution in [3.8, 4) is 0 Å². The molecule has 0 aromatic carbocycles. The summed E-state index contributed by atoms with van der Waals surface area (Å²) in [6.07, 6.45) is 3.59. The van der Waals surface area contributed by atoms with E-state index in [1.165, 1.54) is 17.8 Å². The van der Waals surface area contributed by atoms with Gasteiger partial charge in [-0.05, 0) is 33.4 Å². The Kier molecular flexibility index (Phi) is 6.22. The molecule has 15 heavy (non-hydrogen) atoms. The van der Waals surface area contributed by atoms with E-state index in [0.717, 1.165) is 31.1 Å². The second kappa shape index (κ2) is 7.20. The van der Waals surface area contributed by atoms with E-state index in [-0.39, 0.29) is 0 Å². The number of unbranched alkanes of at least 4 members (excludes halogenated alkanes) is 2. The van der Waals surface area contributed by atoms with Gasteiger partial charge in [-0.15, -0.1) is 22.9 Å². The summed E-state index contributed by atoms with van der Waals surface area (Å²) in [5, 5.41) is 3.32. The lowest BCUT2D eigenvalue weighted by molar-refractivity contribution is 0.317. The molecule has 0 saturated carbocycles. The topological polar surface area (TPSA) is 16.1 Å². The van der Waals surface area contributed by atoms with Gasteiger partial charge in [-0.25, -0.2) is 4.98 Å². The zero-order valence-electron chi connectivity index (χ0n) is 9.50. The van der Waals surface area contributed by atoms with Crippen molar-refractivity contribution in [1.29, 1.82) is 0 Å². The van der Waals surface area contributed by atoms with E-state index in [1.807, 2.05) is 6.92 Å². The Bertz CT molecular complexity index is 275. The Labute approximate surface area is 101 Å². The number of rotatable bonds is 7. The normalized spacial score (nSPS) is 11.2. The number of nitrogens with zero attached hydrogens (tertiary/aromatic N) is 2. The number of thiazole rings is 1. The van der Waals surface area contributed by atoms with E-state index in [4.69, 9.17) is 11.6 Å². The lowest BCUT2D eigenvalue weighted by atomic mass is 10.2. The fourth-order valence-corrected chi connectivity index (χ4v) is 2.48. The minimum absolute atomic E-state index is 0.787. The van der Waals surface area contributed by atoms with Crippen LogP contribution < -0.4 is 0 Å². The minimum atomic E-state index is 0.787. The second-order valence-electron chi connectivity index (χ2n) is 3.87. The number of halogens is 1. The third-order valence-corrected chi connectivity index (χ3v) is 3.46. The number of aryl methyl sites for hydroxylation is 1. The number of aromatic nitrogens is 1. The van der Waals surface area contributed by atoms with Crippen LogP contribution in [0.3, 0.4) is 0 Å². The molecule has 0 aliphatic rings. The lowest BCUT2D eigenvalue weighted by Crippen LogP contribution is -2.18. The van der Waals surface area contributed by atoms with Crippen LogP contribution in [0.1, 0.15) is 30.0 Å².